The maximum absolute atomic E-state index is 14.9. The molecule has 0 radical (unpaired) electrons. The van der Waals surface area contributed by atoms with E-state index in [-0.39, 0.29) is 30.6 Å². The van der Waals surface area contributed by atoms with Gasteiger partial charge in [0, 0.05) is 6.42 Å². The van der Waals surface area contributed by atoms with E-state index in [0.29, 0.717) is 22.1 Å². The highest BCUT2D eigenvalue weighted by Crippen LogP contribution is 2.27. The molecule has 0 bridgehead atoms. The molecule has 1 N–H and O–H groups in total. The van der Waals surface area contributed by atoms with Gasteiger partial charge >= 0.3 is 11.7 Å². The zero-order valence-corrected chi connectivity index (χ0v) is 16.9. The van der Waals surface area contributed by atoms with Crippen LogP contribution in [0.25, 0.3) is 11.1 Å². The quantitative estimate of drug-likeness (QED) is 0.633. The first kappa shape index (κ1) is 21.2. The second kappa shape index (κ2) is 8.90. The van der Waals surface area contributed by atoms with Crippen LogP contribution in [0, 0.1) is 5.95 Å². The Labute approximate surface area is 173 Å². The van der Waals surface area contributed by atoms with Gasteiger partial charge in [-0.05, 0) is 23.1 Å². The Kier molecular flexibility index (Phi) is 6.30. The molecular formula is C23H23FN2O4. The molecule has 0 aliphatic rings. The van der Waals surface area contributed by atoms with Gasteiger partial charge in [-0.1, -0.05) is 68.8 Å². The van der Waals surface area contributed by atoms with E-state index >= 15 is 0 Å². The van der Waals surface area contributed by atoms with E-state index in [2.05, 4.69) is 0 Å². The van der Waals surface area contributed by atoms with Gasteiger partial charge < -0.3 is 5.11 Å². The van der Waals surface area contributed by atoms with E-state index in [9.17, 15) is 23.9 Å². The van der Waals surface area contributed by atoms with Crippen molar-refractivity contribution in [2.75, 3.05) is 0 Å². The van der Waals surface area contributed by atoms with Gasteiger partial charge in [0.2, 0.25) is 11.9 Å². The summed E-state index contributed by atoms with van der Waals surface area (Å²) in [6.07, 6.45) is 0.804. The van der Waals surface area contributed by atoms with Gasteiger partial charge in [-0.2, -0.15) is 4.39 Å². The van der Waals surface area contributed by atoms with Gasteiger partial charge in [0.1, 0.15) is 0 Å². The molecule has 0 atom stereocenters. The lowest BCUT2D eigenvalue weighted by Gasteiger charge is -2.13. The fourth-order valence-electron chi connectivity index (χ4n) is 3.59. The second-order valence-electron chi connectivity index (χ2n) is 6.95. The molecule has 0 amide bonds. The first-order chi connectivity index (χ1) is 14.4. The predicted octanol–water partition coefficient (Wildman–Crippen LogP) is 4.21. The van der Waals surface area contributed by atoms with Crippen LogP contribution in [0.3, 0.4) is 0 Å². The van der Waals surface area contributed by atoms with Crippen LogP contribution in [0.15, 0.2) is 53.3 Å². The van der Waals surface area contributed by atoms with Gasteiger partial charge in [-0.25, -0.2) is 14.2 Å². The van der Waals surface area contributed by atoms with E-state index in [0.717, 1.165) is 5.56 Å². The second-order valence-corrected chi connectivity index (χ2v) is 6.95. The molecule has 0 saturated heterocycles. The Bertz CT molecular complexity index is 1150. The van der Waals surface area contributed by atoms with Gasteiger partial charge in [0.15, 0.2) is 0 Å². The molecule has 1 aromatic heterocycles. The van der Waals surface area contributed by atoms with Crippen LogP contribution in [0.1, 0.15) is 53.1 Å². The molecule has 7 heteroatoms. The molecule has 2 aromatic carbocycles. The molecule has 0 unspecified atom stereocenters. The normalized spacial score (nSPS) is 10.9. The highest BCUT2D eigenvalue weighted by molar-refractivity contribution is 5.97. The number of nitrogens with zero attached hydrogens (tertiary/aromatic N) is 2. The molecule has 0 saturated carbocycles. The average Bonchev–Trinajstić information content (AvgIpc) is 2.97. The number of carbonyl (C=O) groups excluding carboxylic acids is 1. The average molecular weight is 410 g/mol. The number of hydrogen-bond donors (Lipinski definition) is 1. The first-order valence-corrected chi connectivity index (χ1v) is 9.84. The number of carbonyl (C=O) groups is 2. The Morgan fingerprint density at radius 1 is 1.03 bits per heavy atom. The number of halogens is 1. The maximum Gasteiger partial charge on any atom is 0.337 e. The van der Waals surface area contributed by atoms with Crippen LogP contribution in [0.2, 0.25) is 0 Å². The summed E-state index contributed by atoms with van der Waals surface area (Å²) in [6, 6.07) is 14.1. The van der Waals surface area contributed by atoms with Crippen LogP contribution in [0.4, 0.5) is 4.39 Å². The third kappa shape index (κ3) is 3.83. The van der Waals surface area contributed by atoms with Crippen molar-refractivity contribution in [3.63, 3.8) is 0 Å². The molecule has 0 fully saturated rings. The molecule has 0 aliphatic heterocycles. The zero-order chi connectivity index (χ0) is 21.8. The van der Waals surface area contributed by atoms with E-state index in [4.69, 9.17) is 0 Å². The van der Waals surface area contributed by atoms with Crippen molar-refractivity contribution in [3.8, 4) is 11.1 Å². The molecule has 1 heterocycles. The van der Waals surface area contributed by atoms with E-state index in [1.54, 1.807) is 37.3 Å². The monoisotopic (exact) mass is 410 g/mol. The lowest BCUT2D eigenvalue weighted by atomic mass is 9.95. The zero-order valence-electron chi connectivity index (χ0n) is 16.9. The van der Waals surface area contributed by atoms with Crippen molar-refractivity contribution in [1.29, 1.82) is 0 Å². The number of aromatic nitrogens is 2. The predicted molar refractivity (Wildman–Crippen MR) is 112 cm³/mol. The van der Waals surface area contributed by atoms with E-state index in [1.807, 2.05) is 25.1 Å². The van der Waals surface area contributed by atoms with Crippen LogP contribution in [-0.2, 0) is 13.0 Å². The summed E-state index contributed by atoms with van der Waals surface area (Å²) >= 11 is 0. The number of carboxylic acids is 1. The third-order valence-electron chi connectivity index (χ3n) is 5.00. The SMILES string of the molecule is CCCc1c(F)n(C(=O)CC)c(=O)n1Cc1cccc(-c2ccccc2)c1C(=O)O. The van der Waals surface area contributed by atoms with Crippen molar-refractivity contribution >= 4 is 11.9 Å². The van der Waals surface area contributed by atoms with Crippen molar-refractivity contribution in [1.82, 2.24) is 9.13 Å². The van der Waals surface area contributed by atoms with Crippen LogP contribution in [0.5, 0.6) is 0 Å². The van der Waals surface area contributed by atoms with Crippen molar-refractivity contribution in [2.45, 2.75) is 39.7 Å². The van der Waals surface area contributed by atoms with Crippen molar-refractivity contribution < 1.29 is 19.1 Å². The van der Waals surface area contributed by atoms with Crippen molar-refractivity contribution in [3.05, 3.63) is 81.8 Å². The van der Waals surface area contributed by atoms with Gasteiger partial charge in [-0.15, -0.1) is 0 Å². The maximum atomic E-state index is 14.9. The molecule has 3 rings (SSSR count). The number of hydrogen-bond acceptors (Lipinski definition) is 3. The summed E-state index contributed by atoms with van der Waals surface area (Å²) in [4.78, 5) is 37.1. The lowest BCUT2D eigenvalue weighted by Crippen LogP contribution is -2.30. The minimum absolute atomic E-state index is 0.0176. The summed E-state index contributed by atoms with van der Waals surface area (Å²) < 4.78 is 16.6. The molecule has 6 nitrogen and oxygen atoms in total. The molecule has 3 aromatic rings. The van der Waals surface area contributed by atoms with Gasteiger partial charge in [0.05, 0.1) is 17.8 Å². The van der Waals surface area contributed by atoms with E-state index < -0.39 is 23.5 Å². The van der Waals surface area contributed by atoms with Gasteiger partial charge in [0.25, 0.3) is 0 Å². The fraction of sp³-hybridized carbons (Fsp3) is 0.261. The van der Waals surface area contributed by atoms with E-state index in [1.165, 1.54) is 4.57 Å². The highest BCUT2D eigenvalue weighted by Gasteiger charge is 2.25. The summed E-state index contributed by atoms with van der Waals surface area (Å²) in [5, 5.41) is 9.89. The van der Waals surface area contributed by atoms with Crippen LogP contribution >= 0.6 is 0 Å². The molecule has 0 aliphatic carbocycles. The molecule has 0 spiro atoms. The fourth-order valence-corrected chi connectivity index (χ4v) is 3.59. The number of imidazole rings is 1. The number of rotatable bonds is 7. The Balaban J connectivity index is 2.19. The first-order valence-electron chi connectivity index (χ1n) is 9.84. The standard InChI is InChI=1S/C23H23FN2O4/c1-3-9-18-21(24)26(19(27)4-2)23(30)25(18)14-16-12-8-13-17(20(16)22(28)29)15-10-6-5-7-11-15/h5-8,10-13H,3-4,9,14H2,1-2H3,(H,28,29). The minimum Gasteiger partial charge on any atom is -0.478 e. The molecular weight excluding hydrogens is 387 g/mol. The van der Waals surface area contributed by atoms with Crippen molar-refractivity contribution in [2.24, 2.45) is 0 Å². The highest BCUT2D eigenvalue weighted by atomic mass is 19.1. The van der Waals surface area contributed by atoms with Crippen LogP contribution in [-0.4, -0.2) is 26.1 Å². The largest absolute Gasteiger partial charge is 0.478 e. The minimum atomic E-state index is -1.14. The number of aromatic carboxylic acids is 1. The number of benzene rings is 2. The topological polar surface area (TPSA) is 81.3 Å². The van der Waals surface area contributed by atoms with Crippen LogP contribution < -0.4 is 5.69 Å². The summed E-state index contributed by atoms with van der Waals surface area (Å²) in [5.41, 5.74) is 0.963. The summed E-state index contributed by atoms with van der Waals surface area (Å²) in [7, 11) is 0. The lowest BCUT2D eigenvalue weighted by molar-refractivity contribution is 0.0695. The Hall–Kier alpha value is -3.48. The Morgan fingerprint density at radius 2 is 1.73 bits per heavy atom. The molecule has 30 heavy (non-hydrogen) atoms. The smallest absolute Gasteiger partial charge is 0.337 e. The number of carboxylic acid groups (broad SMARTS) is 1. The van der Waals surface area contributed by atoms with Gasteiger partial charge in [-0.3, -0.25) is 9.36 Å². The third-order valence-corrected chi connectivity index (χ3v) is 5.00. The summed E-state index contributed by atoms with van der Waals surface area (Å²) in [6.45, 7) is 3.25. The summed E-state index contributed by atoms with van der Waals surface area (Å²) in [5.74, 6) is -2.64. The Morgan fingerprint density at radius 3 is 2.33 bits per heavy atom. The molecule has 156 valence electrons.